The van der Waals surface area contributed by atoms with Crippen LogP contribution in [0.5, 0.6) is 5.88 Å². The Bertz CT molecular complexity index is 1230. The van der Waals surface area contributed by atoms with Gasteiger partial charge in [0.05, 0.1) is 28.4 Å². The summed E-state index contributed by atoms with van der Waals surface area (Å²) >= 11 is 1.36. The zero-order chi connectivity index (χ0) is 21.1. The molecule has 152 valence electrons. The molecule has 0 spiro atoms. The fourth-order valence-electron chi connectivity index (χ4n) is 3.05. The number of aromatic hydroxyl groups is 1. The maximum atomic E-state index is 12.1. The highest BCUT2D eigenvalue weighted by Crippen LogP contribution is 2.34. The Balaban J connectivity index is 1.68. The molecule has 0 atom stereocenters. The smallest absolute Gasteiger partial charge is 0.338 e. The largest absolute Gasteiger partial charge is 0.493 e. The summed E-state index contributed by atoms with van der Waals surface area (Å²) in [6.45, 7) is 2.34. The summed E-state index contributed by atoms with van der Waals surface area (Å²) in [6, 6.07) is 14.9. The second-order valence-corrected chi connectivity index (χ2v) is 7.81. The third-order valence-corrected chi connectivity index (χ3v) is 5.68. The van der Waals surface area contributed by atoms with Gasteiger partial charge in [0.25, 0.3) is 0 Å². The number of allylic oxidation sites excluding steroid dienone is 1. The van der Waals surface area contributed by atoms with Gasteiger partial charge >= 0.3 is 5.97 Å². The Morgan fingerprint density at radius 3 is 2.93 bits per heavy atom. The van der Waals surface area contributed by atoms with Gasteiger partial charge in [0.2, 0.25) is 5.88 Å². The van der Waals surface area contributed by atoms with Crippen LogP contribution in [-0.4, -0.2) is 28.5 Å². The van der Waals surface area contributed by atoms with Gasteiger partial charge in [-0.3, -0.25) is 9.56 Å². The normalized spacial score (nSPS) is 14.3. The van der Waals surface area contributed by atoms with Crippen molar-refractivity contribution in [3.05, 3.63) is 69.3 Å². The van der Waals surface area contributed by atoms with Crippen molar-refractivity contribution in [2.45, 2.75) is 13.3 Å². The number of fused-ring (bicyclic) bond motifs is 1. The SMILES string of the molecule is CCCOC(=O)c1cccc(N=c2sc(/C=C3\C=Nc4ccccc43)c(O)n2C)c1. The highest BCUT2D eigenvalue weighted by atomic mass is 32.1. The first kappa shape index (κ1) is 19.8. The number of carbonyl (C=O) groups excluding carboxylic acids is 1. The first-order valence-corrected chi connectivity index (χ1v) is 10.4. The first-order chi connectivity index (χ1) is 14.6. The van der Waals surface area contributed by atoms with E-state index in [1.165, 1.54) is 11.3 Å². The molecule has 1 aliphatic heterocycles. The van der Waals surface area contributed by atoms with E-state index in [4.69, 9.17) is 4.74 Å². The van der Waals surface area contributed by atoms with E-state index in [2.05, 4.69) is 9.98 Å². The Kier molecular flexibility index (Phi) is 5.63. The van der Waals surface area contributed by atoms with Gasteiger partial charge in [-0.2, -0.15) is 0 Å². The molecule has 6 nitrogen and oxygen atoms in total. The van der Waals surface area contributed by atoms with Crippen molar-refractivity contribution in [2.75, 3.05) is 6.61 Å². The third kappa shape index (κ3) is 3.97. The lowest BCUT2D eigenvalue weighted by Crippen LogP contribution is -2.09. The molecule has 0 bridgehead atoms. The maximum Gasteiger partial charge on any atom is 0.338 e. The van der Waals surface area contributed by atoms with E-state index in [0.29, 0.717) is 27.5 Å². The van der Waals surface area contributed by atoms with E-state index in [-0.39, 0.29) is 11.8 Å². The second-order valence-electron chi connectivity index (χ2n) is 6.80. The van der Waals surface area contributed by atoms with E-state index < -0.39 is 0 Å². The van der Waals surface area contributed by atoms with Crippen LogP contribution in [0.3, 0.4) is 0 Å². The van der Waals surface area contributed by atoms with Crippen LogP contribution in [0.2, 0.25) is 0 Å². The lowest BCUT2D eigenvalue weighted by molar-refractivity contribution is 0.0505. The molecule has 0 unspecified atom stereocenters. The Hall–Kier alpha value is -3.45. The summed E-state index contributed by atoms with van der Waals surface area (Å²) < 4.78 is 6.81. The van der Waals surface area contributed by atoms with Crippen molar-refractivity contribution >= 4 is 46.5 Å². The van der Waals surface area contributed by atoms with E-state index in [1.54, 1.807) is 36.0 Å². The van der Waals surface area contributed by atoms with Crippen molar-refractivity contribution in [1.29, 1.82) is 0 Å². The number of benzene rings is 2. The van der Waals surface area contributed by atoms with Crippen LogP contribution in [0.1, 0.15) is 34.1 Å². The summed E-state index contributed by atoms with van der Waals surface area (Å²) in [4.78, 5) is 22.4. The molecule has 1 aromatic heterocycles. The fourth-order valence-corrected chi connectivity index (χ4v) is 4.03. The Labute approximate surface area is 178 Å². The number of carbonyl (C=O) groups is 1. The number of hydrogen-bond acceptors (Lipinski definition) is 6. The molecule has 3 aromatic rings. The lowest BCUT2D eigenvalue weighted by Gasteiger charge is -2.03. The van der Waals surface area contributed by atoms with Crippen LogP contribution in [-0.2, 0) is 11.8 Å². The number of thiazole rings is 1. The summed E-state index contributed by atoms with van der Waals surface area (Å²) in [6.07, 6.45) is 4.48. The van der Waals surface area contributed by atoms with Crippen LogP contribution < -0.4 is 4.80 Å². The molecule has 2 aromatic carbocycles. The number of hydrogen-bond donors (Lipinski definition) is 1. The lowest BCUT2D eigenvalue weighted by atomic mass is 10.1. The second kappa shape index (κ2) is 8.51. The maximum absolute atomic E-state index is 12.1. The molecule has 0 amide bonds. The molecule has 7 heteroatoms. The molecule has 0 aliphatic carbocycles. The van der Waals surface area contributed by atoms with Crippen molar-refractivity contribution < 1.29 is 14.6 Å². The first-order valence-electron chi connectivity index (χ1n) is 9.62. The van der Waals surface area contributed by atoms with Crippen LogP contribution in [0.25, 0.3) is 11.6 Å². The van der Waals surface area contributed by atoms with Gasteiger partial charge in [0.15, 0.2) is 4.80 Å². The third-order valence-electron chi connectivity index (χ3n) is 4.61. The van der Waals surface area contributed by atoms with Gasteiger partial charge in [-0.25, -0.2) is 9.79 Å². The number of para-hydroxylation sites is 1. The van der Waals surface area contributed by atoms with E-state index in [9.17, 15) is 9.90 Å². The number of rotatable bonds is 5. The number of aromatic nitrogens is 1. The Morgan fingerprint density at radius 2 is 2.10 bits per heavy atom. The molecule has 30 heavy (non-hydrogen) atoms. The fraction of sp³-hybridized carbons (Fsp3) is 0.174. The van der Waals surface area contributed by atoms with Crippen LogP contribution in [0.15, 0.2) is 58.5 Å². The molecule has 4 rings (SSSR count). The van der Waals surface area contributed by atoms with Crippen LogP contribution >= 0.6 is 11.3 Å². The predicted octanol–water partition coefficient (Wildman–Crippen LogP) is 4.85. The monoisotopic (exact) mass is 419 g/mol. The van der Waals surface area contributed by atoms with Crippen LogP contribution in [0, 0.1) is 0 Å². The molecule has 1 aliphatic rings. The van der Waals surface area contributed by atoms with E-state index in [0.717, 1.165) is 23.2 Å². The van der Waals surface area contributed by atoms with Gasteiger partial charge in [-0.05, 0) is 36.8 Å². The number of ether oxygens (including phenoxy) is 1. The number of aliphatic imine (C=N–C) groups is 1. The molecule has 2 heterocycles. The molecule has 0 saturated carbocycles. The predicted molar refractivity (Wildman–Crippen MR) is 120 cm³/mol. The average molecular weight is 420 g/mol. The molecule has 1 N–H and O–H groups in total. The van der Waals surface area contributed by atoms with Gasteiger partial charge in [0.1, 0.15) is 0 Å². The standard InChI is InChI=1S/C23H21N3O3S/c1-3-11-29-22(28)15-7-6-8-17(12-15)25-23-26(2)21(27)20(30-23)13-16-14-24-19-10-5-4-9-18(16)19/h4-10,12-14,27H,3,11H2,1-2H3/b16-13+,25-23?. The van der Waals surface area contributed by atoms with Gasteiger partial charge in [-0.1, -0.05) is 42.5 Å². The Morgan fingerprint density at radius 1 is 1.27 bits per heavy atom. The van der Waals surface area contributed by atoms with Gasteiger partial charge in [-0.15, -0.1) is 0 Å². The summed E-state index contributed by atoms with van der Waals surface area (Å²) in [5, 5.41) is 10.6. The topological polar surface area (TPSA) is 76.2 Å². The van der Waals surface area contributed by atoms with E-state index >= 15 is 0 Å². The summed E-state index contributed by atoms with van der Waals surface area (Å²) in [5.41, 5.74) is 3.96. The van der Waals surface area contributed by atoms with Crippen molar-refractivity contribution in [3.8, 4) is 5.88 Å². The van der Waals surface area contributed by atoms with Crippen LogP contribution in [0.4, 0.5) is 11.4 Å². The number of esters is 1. The summed E-state index contributed by atoms with van der Waals surface area (Å²) in [7, 11) is 1.75. The number of nitrogens with zero attached hydrogens (tertiary/aromatic N) is 3. The van der Waals surface area contributed by atoms with Crippen molar-refractivity contribution in [3.63, 3.8) is 0 Å². The molecule has 0 radical (unpaired) electrons. The van der Waals surface area contributed by atoms with Crippen molar-refractivity contribution in [2.24, 2.45) is 17.0 Å². The zero-order valence-electron chi connectivity index (χ0n) is 16.7. The van der Waals surface area contributed by atoms with Gasteiger partial charge < -0.3 is 9.84 Å². The molecule has 0 fully saturated rings. The van der Waals surface area contributed by atoms with Gasteiger partial charge in [0, 0.05) is 24.4 Å². The molecule has 0 saturated heterocycles. The molecular weight excluding hydrogens is 398 g/mol. The zero-order valence-corrected chi connectivity index (χ0v) is 17.5. The quantitative estimate of drug-likeness (QED) is 0.601. The van der Waals surface area contributed by atoms with E-state index in [1.807, 2.05) is 43.3 Å². The minimum Gasteiger partial charge on any atom is -0.493 e. The minimum atomic E-state index is -0.364. The minimum absolute atomic E-state index is 0.127. The van der Waals surface area contributed by atoms with Crippen molar-refractivity contribution in [1.82, 2.24) is 4.57 Å². The summed E-state index contributed by atoms with van der Waals surface area (Å²) in [5.74, 6) is -0.237. The average Bonchev–Trinajstić information content (AvgIpc) is 3.29. The molecular formula is C23H21N3O3S. The highest BCUT2D eigenvalue weighted by Gasteiger charge is 2.14. The highest BCUT2D eigenvalue weighted by molar-refractivity contribution is 7.10.